The first-order valence-corrected chi connectivity index (χ1v) is 12.4. The van der Waals surface area contributed by atoms with Crippen LogP contribution in [0.3, 0.4) is 0 Å². The fraction of sp³-hybridized carbons (Fsp3) is 0.538. The van der Waals surface area contributed by atoms with E-state index in [1.165, 1.54) is 4.88 Å². The zero-order chi connectivity index (χ0) is 23.5. The van der Waals surface area contributed by atoms with E-state index in [2.05, 4.69) is 50.6 Å². The van der Waals surface area contributed by atoms with E-state index in [9.17, 15) is 9.59 Å². The summed E-state index contributed by atoms with van der Waals surface area (Å²) in [5, 5.41) is 9.93. The van der Waals surface area contributed by atoms with E-state index >= 15 is 0 Å². The maximum atomic E-state index is 13.4. The van der Waals surface area contributed by atoms with Crippen molar-refractivity contribution in [1.29, 1.82) is 0 Å². The molecule has 1 atom stereocenters. The molecule has 174 valence electrons. The molecule has 1 aromatic carbocycles. The van der Waals surface area contributed by atoms with E-state index in [0.717, 1.165) is 42.6 Å². The minimum atomic E-state index is -0.146. The number of thiophene rings is 1. The molecule has 1 aliphatic carbocycles. The molecule has 0 fully saturated rings. The smallest absolute Gasteiger partial charge is 0.258 e. The largest absolute Gasteiger partial charge is 0.322 e. The lowest BCUT2D eigenvalue weighted by Gasteiger charge is -2.33. The van der Waals surface area contributed by atoms with Crippen molar-refractivity contribution in [2.24, 2.45) is 17.3 Å². The number of fused-ring (bicyclic) bond motifs is 1. The Morgan fingerprint density at radius 3 is 2.59 bits per heavy atom. The number of aryl methyl sites for hydroxylation is 1. The molecule has 2 aromatic rings. The van der Waals surface area contributed by atoms with Crippen molar-refractivity contribution in [3.63, 3.8) is 0 Å². The SMILES string of the molecule is Cc1cccc(NC(=O)c2c(NC(=O)CNCC(C)C)sc3c2CC[C@@H](C(C)(C)C)C3)c1. The molecule has 32 heavy (non-hydrogen) atoms. The number of amides is 2. The summed E-state index contributed by atoms with van der Waals surface area (Å²) in [6.07, 6.45) is 2.88. The van der Waals surface area contributed by atoms with Crippen molar-refractivity contribution in [2.75, 3.05) is 23.7 Å². The van der Waals surface area contributed by atoms with Crippen LogP contribution in [-0.4, -0.2) is 24.9 Å². The van der Waals surface area contributed by atoms with Gasteiger partial charge in [0.2, 0.25) is 5.91 Å². The number of hydrogen-bond acceptors (Lipinski definition) is 4. The van der Waals surface area contributed by atoms with Crippen molar-refractivity contribution < 1.29 is 9.59 Å². The summed E-state index contributed by atoms with van der Waals surface area (Å²) in [7, 11) is 0. The van der Waals surface area contributed by atoms with Crippen LogP contribution in [0.2, 0.25) is 0 Å². The lowest BCUT2D eigenvalue weighted by molar-refractivity contribution is -0.115. The van der Waals surface area contributed by atoms with Gasteiger partial charge in [0.25, 0.3) is 5.91 Å². The fourth-order valence-corrected chi connectivity index (χ4v) is 5.56. The molecule has 0 aliphatic heterocycles. The molecule has 0 spiro atoms. The van der Waals surface area contributed by atoms with Crippen LogP contribution in [0.4, 0.5) is 10.7 Å². The van der Waals surface area contributed by atoms with E-state index in [0.29, 0.717) is 22.4 Å². The van der Waals surface area contributed by atoms with Gasteiger partial charge in [-0.2, -0.15) is 0 Å². The number of nitrogens with one attached hydrogen (secondary N) is 3. The zero-order valence-corrected chi connectivity index (χ0v) is 21.0. The maximum Gasteiger partial charge on any atom is 0.258 e. The first-order valence-electron chi connectivity index (χ1n) is 11.6. The van der Waals surface area contributed by atoms with Crippen LogP contribution in [-0.2, 0) is 17.6 Å². The normalized spacial score (nSPS) is 16.0. The number of rotatable bonds is 7. The molecular weight excluding hydrogens is 418 g/mol. The second-order valence-corrected chi connectivity index (χ2v) is 11.5. The highest BCUT2D eigenvalue weighted by molar-refractivity contribution is 7.17. The van der Waals surface area contributed by atoms with Crippen LogP contribution >= 0.6 is 11.3 Å². The van der Waals surface area contributed by atoms with Gasteiger partial charge >= 0.3 is 0 Å². The van der Waals surface area contributed by atoms with E-state index in [4.69, 9.17) is 0 Å². The topological polar surface area (TPSA) is 70.2 Å². The summed E-state index contributed by atoms with van der Waals surface area (Å²) in [5.74, 6) is 0.786. The molecule has 0 unspecified atom stereocenters. The standard InChI is InChI=1S/C26H37N3O2S/c1-16(2)14-27-15-22(30)29-25-23(24(31)28-19-9-7-8-17(3)12-19)20-11-10-18(26(4,5)6)13-21(20)32-25/h7-9,12,16,18,27H,10-11,13-15H2,1-6H3,(H,28,31)(H,29,30)/t18-/m1/s1. The first-order chi connectivity index (χ1) is 15.0. The van der Waals surface area contributed by atoms with Crippen LogP contribution in [0.15, 0.2) is 24.3 Å². The van der Waals surface area contributed by atoms with Crippen LogP contribution in [0.1, 0.15) is 67.4 Å². The highest BCUT2D eigenvalue weighted by Gasteiger charge is 2.34. The van der Waals surface area contributed by atoms with Gasteiger partial charge in [0.05, 0.1) is 12.1 Å². The summed E-state index contributed by atoms with van der Waals surface area (Å²) in [6.45, 7) is 14.1. The average molecular weight is 456 g/mol. The van der Waals surface area contributed by atoms with Gasteiger partial charge in [-0.3, -0.25) is 9.59 Å². The molecule has 5 nitrogen and oxygen atoms in total. The predicted octanol–water partition coefficient (Wildman–Crippen LogP) is 5.64. The van der Waals surface area contributed by atoms with Crippen molar-refractivity contribution in [3.05, 3.63) is 45.8 Å². The molecule has 6 heteroatoms. The first kappa shape index (κ1) is 24.5. The molecule has 1 heterocycles. The highest BCUT2D eigenvalue weighted by Crippen LogP contribution is 2.44. The average Bonchev–Trinajstić information content (AvgIpc) is 3.03. The lowest BCUT2D eigenvalue weighted by atomic mass is 9.72. The Labute approximate surface area is 196 Å². The van der Waals surface area contributed by atoms with Crippen molar-refractivity contribution in [3.8, 4) is 0 Å². The minimum absolute atomic E-state index is 0.110. The number of carbonyl (C=O) groups excluding carboxylic acids is 2. The van der Waals surface area contributed by atoms with Gasteiger partial charge in [-0.05, 0) is 73.2 Å². The number of benzene rings is 1. The van der Waals surface area contributed by atoms with Gasteiger partial charge in [-0.15, -0.1) is 11.3 Å². The van der Waals surface area contributed by atoms with Gasteiger partial charge < -0.3 is 16.0 Å². The molecule has 3 rings (SSSR count). The second kappa shape index (κ2) is 10.2. The Bertz CT molecular complexity index is 972. The zero-order valence-electron chi connectivity index (χ0n) is 20.2. The summed E-state index contributed by atoms with van der Waals surface area (Å²) in [6, 6.07) is 7.80. The van der Waals surface area contributed by atoms with Crippen LogP contribution in [0.5, 0.6) is 0 Å². The molecule has 0 saturated heterocycles. The molecule has 3 N–H and O–H groups in total. The number of carbonyl (C=O) groups is 2. The molecule has 0 bridgehead atoms. The molecule has 1 aromatic heterocycles. The van der Waals surface area contributed by atoms with Crippen molar-refractivity contribution in [2.45, 2.75) is 60.8 Å². The highest BCUT2D eigenvalue weighted by atomic mass is 32.1. The minimum Gasteiger partial charge on any atom is -0.322 e. The summed E-state index contributed by atoms with van der Waals surface area (Å²) in [5.41, 5.74) is 3.82. The quantitative estimate of drug-likeness (QED) is 0.506. The van der Waals surface area contributed by atoms with Crippen LogP contribution < -0.4 is 16.0 Å². The summed E-state index contributed by atoms with van der Waals surface area (Å²) < 4.78 is 0. The lowest BCUT2D eigenvalue weighted by Crippen LogP contribution is -2.31. The molecular formula is C26H37N3O2S. The van der Waals surface area contributed by atoms with Crippen LogP contribution in [0, 0.1) is 24.2 Å². The summed E-state index contributed by atoms with van der Waals surface area (Å²) >= 11 is 1.57. The number of anilines is 2. The summed E-state index contributed by atoms with van der Waals surface area (Å²) in [4.78, 5) is 27.2. The Hall–Kier alpha value is -2.18. The molecule has 2 amide bonds. The Morgan fingerprint density at radius 1 is 1.19 bits per heavy atom. The van der Waals surface area contributed by atoms with Gasteiger partial charge in [-0.25, -0.2) is 0 Å². The Kier molecular flexibility index (Phi) is 7.78. The van der Waals surface area contributed by atoms with E-state index in [1.54, 1.807) is 11.3 Å². The third kappa shape index (κ3) is 6.20. The molecule has 1 aliphatic rings. The van der Waals surface area contributed by atoms with Gasteiger partial charge in [0, 0.05) is 10.6 Å². The maximum absolute atomic E-state index is 13.4. The second-order valence-electron chi connectivity index (χ2n) is 10.4. The van der Waals surface area contributed by atoms with Crippen molar-refractivity contribution >= 4 is 33.8 Å². The Balaban J connectivity index is 1.86. The van der Waals surface area contributed by atoms with Crippen LogP contribution in [0.25, 0.3) is 0 Å². The fourth-order valence-electron chi connectivity index (χ4n) is 4.21. The van der Waals surface area contributed by atoms with Crippen molar-refractivity contribution in [1.82, 2.24) is 5.32 Å². The van der Waals surface area contributed by atoms with E-state index in [1.807, 2.05) is 31.2 Å². The monoisotopic (exact) mass is 455 g/mol. The molecule has 0 saturated carbocycles. The predicted molar refractivity (Wildman–Crippen MR) is 135 cm³/mol. The third-order valence-electron chi connectivity index (χ3n) is 6.08. The van der Waals surface area contributed by atoms with Gasteiger partial charge in [0.1, 0.15) is 5.00 Å². The van der Waals surface area contributed by atoms with Gasteiger partial charge in [-0.1, -0.05) is 46.8 Å². The Morgan fingerprint density at radius 2 is 1.94 bits per heavy atom. The van der Waals surface area contributed by atoms with E-state index in [-0.39, 0.29) is 23.8 Å². The number of hydrogen-bond donors (Lipinski definition) is 3. The third-order valence-corrected chi connectivity index (χ3v) is 7.25. The van der Waals surface area contributed by atoms with E-state index < -0.39 is 0 Å². The van der Waals surface area contributed by atoms with Gasteiger partial charge in [0.15, 0.2) is 0 Å². The molecule has 0 radical (unpaired) electrons.